The van der Waals surface area contributed by atoms with Crippen LogP contribution < -0.4 is 5.32 Å². The lowest BCUT2D eigenvalue weighted by Gasteiger charge is -2.64. The topological polar surface area (TPSA) is 88.1 Å². The first kappa shape index (κ1) is 18.6. The third-order valence-corrected chi connectivity index (χ3v) is 7.95. The molecule has 154 valence electrons. The Labute approximate surface area is 169 Å². The molecule has 0 aromatic heterocycles. The van der Waals surface area contributed by atoms with E-state index in [0.29, 0.717) is 26.0 Å². The van der Waals surface area contributed by atoms with Gasteiger partial charge < -0.3 is 24.8 Å². The summed E-state index contributed by atoms with van der Waals surface area (Å²) in [5.41, 5.74) is -0.214. The van der Waals surface area contributed by atoms with E-state index >= 15 is 0 Å². The van der Waals surface area contributed by atoms with E-state index in [4.69, 9.17) is 9.47 Å². The lowest BCUT2D eigenvalue weighted by Crippen LogP contribution is -2.78. The third kappa shape index (κ3) is 1.82. The van der Waals surface area contributed by atoms with Crippen molar-refractivity contribution in [1.82, 2.24) is 4.90 Å². The number of likely N-dealkylation sites (tertiary alicyclic amines) is 1. The Kier molecular flexibility index (Phi) is 3.89. The number of fused-ring (bicyclic) bond motifs is 3. The number of aliphatic hydroxyl groups excluding tert-OH is 1. The molecule has 7 heteroatoms. The molecule has 3 fully saturated rings. The number of aliphatic hydroxyl groups is 1. The summed E-state index contributed by atoms with van der Waals surface area (Å²) >= 11 is 0. The van der Waals surface area contributed by atoms with Gasteiger partial charge in [0.15, 0.2) is 5.72 Å². The molecule has 2 N–H and O–H groups in total. The van der Waals surface area contributed by atoms with Crippen LogP contribution in [0.4, 0.5) is 5.69 Å². The van der Waals surface area contributed by atoms with E-state index in [-0.39, 0.29) is 18.6 Å². The first-order chi connectivity index (χ1) is 14.1. The highest BCUT2D eigenvalue weighted by molar-refractivity contribution is 5.85. The molecule has 2 bridgehead atoms. The minimum absolute atomic E-state index is 0.242. The second kappa shape index (κ2) is 6.06. The van der Waals surface area contributed by atoms with Gasteiger partial charge in [0.25, 0.3) is 0 Å². The predicted molar refractivity (Wildman–Crippen MR) is 105 cm³/mol. The number of esters is 1. The minimum Gasteiger partial charge on any atom is -0.468 e. The Morgan fingerprint density at radius 3 is 2.93 bits per heavy atom. The molecule has 1 unspecified atom stereocenters. The number of nitrogens with one attached hydrogen (secondary N) is 1. The molecular weight excluding hydrogens is 372 g/mol. The molecule has 1 amide bonds. The number of para-hydroxylation sites is 1. The highest BCUT2D eigenvalue weighted by atomic mass is 16.5. The fraction of sp³-hybridized carbons (Fsp3) is 0.545. The van der Waals surface area contributed by atoms with Crippen molar-refractivity contribution in [2.45, 2.75) is 36.9 Å². The van der Waals surface area contributed by atoms with Crippen LogP contribution in [0.1, 0.15) is 25.3 Å². The molecule has 3 heterocycles. The van der Waals surface area contributed by atoms with Gasteiger partial charge in [-0.1, -0.05) is 29.8 Å². The minimum atomic E-state index is -1.20. The predicted octanol–water partition coefficient (Wildman–Crippen LogP) is 1.42. The SMILES string of the molecule is C/C=C1/CN(C=O)[C@H]2C[C@@H]1[C@@](CO)(C(=O)OC)[C@@]13CCOC21Nc1ccccc13. The first-order valence-electron chi connectivity index (χ1n) is 10.1. The number of nitrogens with zero attached hydrogens (tertiary/aromatic N) is 1. The molecule has 7 nitrogen and oxygen atoms in total. The van der Waals surface area contributed by atoms with Crippen LogP contribution >= 0.6 is 0 Å². The number of carbonyl (C=O) groups excluding carboxylic acids is 2. The lowest BCUT2D eigenvalue weighted by atomic mass is 9.43. The van der Waals surface area contributed by atoms with Gasteiger partial charge in [0, 0.05) is 18.2 Å². The second-order valence-electron chi connectivity index (χ2n) is 8.48. The molecule has 2 saturated heterocycles. The van der Waals surface area contributed by atoms with Gasteiger partial charge in [0.2, 0.25) is 6.41 Å². The molecule has 1 aromatic rings. The maximum atomic E-state index is 13.5. The zero-order valence-electron chi connectivity index (χ0n) is 16.7. The molecule has 3 aliphatic heterocycles. The Morgan fingerprint density at radius 1 is 1.45 bits per heavy atom. The van der Waals surface area contributed by atoms with Crippen molar-refractivity contribution in [3.05, 3.63) is 41.5 Å². The van der Waals surface area contributed by atoms with E-state index in [2.05, 4.69) is 5.32 Å². The highest BCUT2D eigenvalue weighted by Gasteiger charge is 2.82. The quantitative estimate of drug-likeness (QED) is 0.455. The van der Waals surface area contributed by atoms with Crippen molar-refractivity contribution in [1.29, 1.82) is 0 Å². The fourth-order valence-corrected chi connectivity index (χ4v) is 6.94. The van der Waals surface area contributed by atoms with Crippen molar-refractivity contribution < 1.29 is 24.2 Å². The Balaban J connectivity index is 1.88. The number of amides is 1. The number of allylic oxidation sites excluding steroid dienone is 1. The van der Waals surface area contributed by atoms with E-state index in [9.17, 15) is 14.7 Å². The molecule has 5 rings (SSSR count). The van der Waals surface area contributed by atoms with E-state index in [1.807, 2.05) is 37.3 Å². The van der Waals surface area contributed by atoms with Crippen molar-refractivity contribution in [2.24, 2.45) is 11.3 Å². The van der Waals surface area contributed by atoms with E-state index in [1.165, 1.54) is 7.11 Å². The number of ether oxygens (including phenoxy) is 2. The van der Waals surface area contributed by atoms with Crippen molar-refractivity contribution >= 4 is 18.1 Å². The number of hydrogen-bond donors (Lipinski definition) is 2. The van der Waals surface area contributed by atoms with Crippen LogP contribution in [0.5, 0.6) is 0 Å². The fourth-order valence-electron chi connectivity index (χ4n) is 6.94. The Hall–Kier alpha value is -2.38. The third-order valence-electron chi connectivity index (χ3n) is 7.95. The summed E-state index contributed by atoms with van der Waals surface area (Å²) < 4.78 is 11.8. The molecule has 1 aliphatic carbocycles. The molecule has 1 saturated carbocycles. The lowest BCUT2D eigenvalue weighted by molar-refractivity contribution is -0.203. The highest BCUT2D eigenvalue weighted by Crippen LogP contribution is 2.71. The van der Waals surface area contributed by atoms with Gasteiger partial charge in [-0.25, -0.2) is 0 Å². The van der Waals surface area contributed by atoms with E-state index < -0.39 is 22.5 Å². The zero-order valence-corrected chi connectivity index (χ0v) is 16.7. The first-order valence-corrected chi connectivity index (χ1v) is 10.1. The standard InChI is InChI=1S/C22H26N2O5/c1-3-14-11-24(13-26)18-10-16(14)20(12-25,19(27)28-2)21-8-9-29-22(18,21)23-17-7-5-4-6-15(17)21/h3-7,13,16,18,23,25H,8-12H2,1-2H3/b14-3-/t16-,18-,20-,21-,22?/m0/s1. The number of carbonyl (C=O) groups is 2. The summed E-state index contributed by atoms with van der Waals surface area (Å²) in [4.78, 5) is 27.4. The number of anilines is 1. The number of rotatable bonds is 3. The van der Waals surface area contributed by atoms with Crippen LogP contribution in [-0.2, 0) is 24.5 Å². The molecule has 0 spiro atoms. The van der Waals surface area contributed by atoms with Gasteiger partial charge in [0.1, 0.15) is 5.41 Å². The average Bonchev–Trinajstić information content (AvgIpc) is 3.28. The van der Waals surface area contributed by atoms with E-state index in [1.54, 1.807) is 4.90 Å². The average molecular weight is 398 g/mol. The summed E-state index contributed by atoms with van der Waals surface area (Å²) in [5.74, 6) is -0.662. The van der Waals surface area contributed by atoms with Gasteiger partial charge in [-0.3, -0.25) is 9.59 Å². The Morgan fingerprint density at radius 2 is 2.24 bits per heavy atom. The maximum absolute atomic E-state index is 13.5. The van der Waals surface area contributed by atoms with Crippen LogP contribution in [-0.4, -0.2) is 61.0 Å². The normalized spacial score (nSPS) is 40.7. The monoisotopic (exact) mass is 398 g/mol. The smallest absolute Gasteiger partial charge is 0.315 e. The molecule has 1 aromatic carbocycles. The van der Waals surface area contributed by atoms with Crippen molar-refractivity contribution in [3.63, 3.8) is 0 Å². The summed E-state index contributed by atoms with van der Waals surface area (Å²) in [5, 5.41) is 14.5. The van der Waals surface area contributed by atoms with Crippen LogP contribution in [0.2, 0.25) is 0 Å². The molecular formula is C22H26N2O5. The number of piperidine rings is 1. The largest absolute Gasteiger partial charge is 0.468 e. The van der Waals surface area contributed by atoms with Crippen molar-refractivity contribution in [3.8, 4) is 0 Å². The van der Waals surface area contributed by atoms with Crippen LogP contribution in [0.25, 0.3) is 0 Å². The molecule has 0 radical (unpaired) electrons. The van der Waals surface area contributed by atoms with Gasteiger partial charge in [-0.05, 0) is 31.4 Å². The number of hydrogen-bond acceptors (Lipinski definition) is 6. The van der Waals surface area contributed by atoms with Crippen molar-refractivity contribution in [2.75, 3.05) is 32.2 Å². The van der Waals surface area contributed by atoms with Crippen LogP contribution in [0, 0.1) is 11.3 Å². The number of methoxy groups -OCH3 is 1. The Bertz CT molecular complexity index is 916. The maximum Gasteiger partial charge on any atom is 0.315 e. The summed E-state index contributed by atoms with van der Waals surface area (Å²) in [7, 11) is 1.38. The summed E-state index contributed by atoms with van der Waals surface area (Å²) in [6.07, 6.45) is 3.93. The summed E-state index contributed by atoms with van der Waals surface area (Å²) in [6.45, 7) is 2.41. The van der Waals surface area contributed by atoms with E-state index in [0.717, 1.165) is 23.2 Å². The van der Waals surface area contributed by atoms with Crippen LogP contribution in [0.15, 0.2) is 35.9 Å². The molecule has 29 heavy (non-hydrogen) atoms. The number of benzene rings is 1. The molecule has 4 aliphatic rings. The second-order valence-corrected chi connectivity index (χ2v) is 8.48. The summed E-state index contributed by atoms with van der Waals surface area (Å²) in [6, 6.07) is 7.60. The zero-order chi connectivity index (χ0) is 20.4. The van der Waals surface area contributed by atoms with Gasteiger partial charge in [-0.2, -0.15) is 0 Å². The van der Waals surface area contributed by atoms with Gasteiger partial charge in [0.05, 0.1) is 31.8 Å². The van der Waals surface area contributed by atoms with Crippen LogP contribution in [0.3, 0.4) is 0 Å². The van der Waals surface area contributed by atoms with Gasteiger partial charge in [-0.15, -0.1) is 0 Å². The molecule has 5 atom stereocenters. The van der Waals surface area contributed by atoms with Gasteiger partial charge >= 0.3 is 5.97 Å².